The maximum atomic E-state index is 8.73. The van der Waals surface area contributed by atoms with Crippen LogP contribution in [0.15, 0.2) is 48.8 Å². The normalized spacial score (nSPS) is 9.44. The fourth-order valence-corrected chi connectivity index (χ4v) is 1.30. The first-order valence-corrected chi connectivity index (χ1v) is 4.90. The smallest absolute Gasteiger partial charge is 0.121 e. The van der Waals surface area contributed by atoms with Gasteiger partial charge in [-0.2, -0.15) is 5.26 Å². The van der Waals surface area contributed by atoms with Crippen molar-refractivity contribution >= 4 is 0 Å². The van der Waals surface area contributed by atoms with Gasteiger partial charge in [-0.25, -0.2) is 0 Å². The summed E-state index contributed by atoms with van der Waals surface area (Å²) in [6, 6.07) is 13.0. The van der Waals surface area contributed by atoms with Crippen molar-refractivity contribution in [2.24, 2.45) is 0 Å². The van der Waals surface area contributed by atoms with Crippen LogP contribution in [0.2, 0.25) is 0 Å². The molecule has 0 amide bonds. The molecule has 0 aliphatic rings. The highest BCUT2D eigenvalue weighted by molar-refractivity contribution is 5.36. The molecule has 0 fully saturated rings. The average Bonchev–Trinajstić information content (AvgIpc) is 2.38. The first-order chi connectivity index (χ1) is 7.88. The number of aromatic nitrogens is 1. The Morgan fingerprint density at radius 2 is 2.00 bits per heavy atom. The molecule has 3 nitrogen and oxygen atoms in total. The van der Waals surface area contributed by atoms with Crippen LogP contribution in [0, 0.1) is 11.3 Å². The lowest BCUT2D eigenvalue weighted by Gasteiger charge is -2.05. The Kier molecular flexibility index (Phi) is 3.15. The van der Waals surface area contributed by atoms with E-state index in [-0.39, 0.29) is 0 Å². The lowest BCUT2D eigenvalue weighted by atomic mass is 10.2. The highest BCUT2D eigenvalue weighted by atomic mass is 16.5. The third-order valence-electron chi connectivity index (χ3n) is 2.12. The lowest BCUT2D eigenvalue weighted by molar-refractivity contribution is 0.306. The highest BCUT2D eigenvalue weighted by Crippen LogP contribution is 2.14. The van der Waals surface area contributed by atoms with Gasteiger partial charge in [0, 0.05) is 12.4 Å². The van der Waals surface area contributed by atoms with Crippen molar-refractivity contribution in [3.8, 4) is 11.8 Å². The third-order valence-corrected chi connectivity index (χ3v) is 2.12. The fraction of sp³-hybridized carbons (Fsp3) is 0.0769. The topological polar surface area (TPSA) is 45.9 Å². The second-order valence-electron chi connectivity index (χ2n) is 3.28. The predicted octanol–water partition coefficient (Wildman–Crippen LogP) is 2.53. The number of nitriles is 1. The fourth-order valence-electron chi connectivity index (χ4n) is 1.30. The first-order valence-electron chi connectivity index (χ1n) is 4.90. The molecule has 1 heterocycles. The summed E-state index contributed by atoms with van der Waals surface area (Å²) in [4.78, 5) is 3.93. The molecule has 0 saturated carbocycles. The van der Waals surface area contributed by atoms with E-state index in [1.54, 1.807) is 30.6 Å². The quantitative estimate of drug-likeness (QED) is 0.782. The molecule has 78 valence electrons. The van der Waals surface area contributed by atoms with E-state index in [0.717, 1.165) is 5.56 Å². The van der Waals surface area contributed by atoms with E-state index in [0.29, 0.717) is 17.9 Å². The van der Waals surface area contributed by atoms with Gasteiger partial charge in [-0.1, -0.05) is 6.07 Å². The van der Waals surface area contributed by atoms with E-state index in [1.807, 2.05) is 18.2 Å². The van der Waals surface area contributed by atoms with Crippen LogP contribution in [-0.2, 0) is 6.61 Å². The maximum absolute atomic E-state index is 8.73. The van der Waals surface area contributed by atoms with E-state index in [4.69, 9.17) is 10.00 Å². The number of rotatable bonds is 3. The molecule has 2 rings (SSSR count). The molecular weight excluding hydrogens is 200 g/mol. The second-order valence-corrected chi connectivity index (χ2v) is 3.28. The summed E-state index contributed by atoms with van der Waals surface area (Å²) < 4.78 is 5.56. The number of ether oxygens (including phenoxy) is 1. The molecule has 1 aromatic carbocycles. The number of benzene rings is 1. The lowest BCUT2D eigenvalue weighted by Crippen LogP contribution is -1.95. The van der Waals surface area contributed by atoms with Crippen molar-refractivity contribution in [1.29, 1.82) is 5.26 Å². The number of hydrogen-bond donors (Lipinski definition) is 0. The zero-order chi connectivity index (χ0) is 11.2. The SMILES string of the molecule is N#Cc1cccc(OCc2ccncc2)c1. The van der Waals surface area contributed by atoms with Crippen LogP contribution in [0.3, 0.4) is 0 Å². The van der Waals surface area contributed by atoms with Crippen molar-refractivity contribution in [3.63, 3.8) is 0 Å². The minimum atomic E-state index is 0.484. The van der Waals surface area contributed by atoms with Gasteiger partial charge in [0.15, 0.2) is 0 Å². The maximum Gasteiger partial charge on any atom is 0.121 e. The Hall–Kier alpha value is -2.34. The van der Waals surface area contributed by atoms with Gasteiger partial charge >= 0.3 is 0 Å². The zero-order valence-corrected chi connectivity index (χ0v) is 8.63. The summed E-state index contributed by atoms with van der Waals surface area (Å²) in [5.41, 5.74) is 1.66. The molecule has 16 heavy (non-hydrogen) atoms. The molecule has 0 atom stereocenters. The molecular formula is C13H10N2O. The Labute approximate surface area is 93.9 Å². The molecule has 2 aromatic rings. The first kappa shape index (κ1) is 10.2. The van der Waals surface area contributed by atoms with Gasteiger partial charge in [-0.15, -0.1) is 0 Å². The van der Waals surface area contributed by atoms with E-state index in [9.17, 15) is 0 Å². The van der Waals surface area contributed by atoms with Crippen LogP contribution in [0.5, 0.6) is 5.75 Å². The van der Waals surface area contributed by atoms with Crippen molar-refractivity contribution in [2.75, 3.05) is 0 Å². The van der Waals surface area contributed by atoms with E-state index < -0.39 is 0 Å². The zero-order valence-electron chi connectivity index (χ0n) is 8.63. The van der Waals surface area contributed by atoms with Gasteiger partial charge in [0.1, 0.15) is 12.4 Å². The van der Waals surface area contributed by atoms with E-state index in [2.05, 4.69) is 11.1 Å². The van der Waals surface area contributed by atoms with Crippen LogP contribution in [0.1, 0.15) is 11.1 Å². The van der Waals surface area contributed by atoms with Crippen molar-refractivity contribution in [2.45, 2.75) is 6.61 Å². The molecule has 0 saturated heterocycles. The van der Waals surface area contributed by atoms with E-state index in [1.165, 1.54) is 0 Å². The molecule has 0 aliphatic heterocycles. The predicted molar refractivity (Wildman–Crippen MR) is 59.7 cm³/mol. The van der Waals surface area contributed by atoms with Crippen LogP contribution >= 0.6 is 0 Å². The third kappa shape index (κ3) is 2.58. The van der Waals surface area contributed by atoms with Crippen LogP contribution < -0.4 is 4.74 Å². The summed E-state index contributed by atoms with van der Waals surface area (Å²) >= 11 is 0. The number of nitrogens with zero attached hydrogens (tertiary/aromatic N) is 2. The Morgan fingerprint density at radius 1 is 1.19 bits per heavy atom. The van der Waals surface area contributed by atoms with Gasteiger partial charge < -0.3 is 4.74 Å². The molecule has 0 spiro atoms. The van der Waals surface area contributed by atoms with Gasteiger partial charge in [-0.3, -0.25) is 4.98 Å². The van der Waals surface area contributed by atoms with Crippen molar-refractivity contribution in [3.05, 3.63) is 59.9 Å². The largest absolute Gasteiger partial charge is 0.489 e. The monoisotopic (exact) mass is 210 g/mol. The minimum Gasteiger partial charge on any atom is -0.489 e. The Balaban J connectivity index is 2.03. The standard InChI is InChI=1S/C13H10N2O/c14-9-12-2-1-3-13(8-12)16-10-11-4-6-15-7-5-11/h1-8H,10H2. The molecule has 0 N–H and O–H groups in total. The number of hydrogen-bond acceptors (Lipinski definition) is 3. The highest BCUT2D eigenvalue weighted by Gasteiger charge is 1.97. The van der Waals surface area contributed by atoms with Gasteiger partial charge in [0.05, 0.1) is 11.6 Å². The Morgan fingerprint density at radius 3 is 2.75 bits per heavy atom. The minimum absolute atomic E-state index is 0.484. The summed E-state index contributed by atoms with van der Waals surface area (Å²) in [6.07, 6.45) is 3.45. The number of pyridine rings is 1. The molecule has 0 radical (unpaired) electrons. The van der Waals surface area contributed by atoms with Gasteiger partial charge in [-0.05, 0) is 35.9 Å². The average molecular weight is 210 g/mol. The Bertz CT molecular complexity index is 503. The summed E-state index contributed by atoms with van der Waals surface area (Å²) in [5.74, 6) is 0.705. The van der Waals surface area contributed by atoms with Gasteiger partial charge in [0.2, 0.25) is 0 Å². The molecule has 0 aliphatic carbocycles. The molecule has 0 unspecified atom stereocenters. The molecule has 3 heteroatoms. The van der Waals surface area contributed by atoms with Crippen molar-refractivity contribution in [1.82, 2.24) is 4.98 Å². The summed E-state index contributed by atoms with van der Waals surface area (Å²) in [7, 11) is 0. The second kappa shape index (κ2) is 4.94. The van der Waals surface area contributed by atoms with Crippen LogP contribution in [0.25, 0.3) is 0 Å². The van der Waals surface area contributed by atoms with E-state index >= 15 is 0 Å². The van der Waals surface area contributed by atoms with Crippen LogP contribution in [-0.4, -0.2) is 4.98 Å². The van der Waals surface area contributed by atoms with Crippen LogP contribution in [0.4, 0.5) is 0 Å². The summed E-state index contributed by atoms with van der Waals surface area (Å²) in [5, 5.41) is 8.73. The summed E-state index contributed by atoms with van der Waals surface area (Å²) in [6.45, 7) is 0.484. The van der Waals surface area contributed by atoms with Crippen molar-refractivity contribution < 1.29 is 4.74 Å². The molecule has 1 aromatic heterocycles. The van der Waals surface area contributed by atoms with Gasteiger partial charge in [0.25, 0.3) is 0 Å². The molecule has 0 bridgehead atoms.